The number of likely N-dealkylation sites (N-methyl/N-ethyl adjacent to an activating group) is 1. The van der Waals surface area contributed by atoms with E-state index in [0.717, 1.165) is 17.8 Å². The van der Waals surface area contributed by atoms with E-state index in [-0.39, 0.29) is 6.61 Å². The van der Waals surface area contributed by atoms with E-state index in [1.807, 2.05) is 44.2 Å². The fraction of sp³-hybridized carbons (Fsp3) is 0.400. The van der Waals surface area contributed by atoms with Gasteiger partial charge in [-0.1, -0.05) is 48.9 Å². The van der Waals surface area contributed by atoms with Gasteiger partial charge in [-0.3, -0.25) is 4.68 Å². The average Bonchev–Trinajstić information content (AvgIpc) is 2.77. The molecule has 1 unspecified atom stereocenters. The molecule has 0 aliphatic rings. The summed E-state index contributed by atoms with van der Waals surface area (Å²) in [6.45, 7) is 5.16. The minimum atomic E-state index is -0.558. The molecule has 0 spiro atoms. The lowest BCUT2D eigenvalue weighted by Gasteiger charge is -2.33. The van der Waals surface area contributed by atoms with Crippen LogP contribution in [0.2, 0.25) is 5.02 Å². The van der Waals surface area contributed by atoms with Gasteiger partial charge in [-0.05, 0) is 19.0 Å². The van der Waals surface area contributed by atoms with Gasteiger partial charge in [-0.2, -0.15) is 5.10 Å². The Labute approximate surface area is 124 Å². The summed E-state index contributed by atoms with van der Waals surface area (Å²) < 4.78 is 1.78. The molecule has 0 saturated heterocycles. The van der Waals surface area contributed by atoms with Crippen LogP contribution in [-0.4, -0.2) is 28.0 Å². The number of hydrogen-bond donors (Lipinski definition) is 2. The van der Waals surface area contributed by atoms with Crippen LogP contribution >= 0.6 is 11.6 Å². The Hall–Kier alpha value is -1.36. The van der Waals surface area contributed by atoms with Crippen molar-refractivity contribution in [3.05, 3.63) is 52.8 Å². The van der Waals surface area contributed by atoms with E-state index in [2.05, 4.69) is 10.4 Å². The van der Waals surface area contributed by atoms with Gasteiger partial charge in [-0.25, -0.2) is 0 Å². The van der Waals surface area contributed by atoms with E-state index >= 15 is 0 Å². The lowest BCUT2D eigenvalue weighted by Crippen LogP contribution is -2.49. The molecule has 2 N–H and O–H groups in total. The van der Waals surface area contributed by atoms with Crippen molar-refractivity contribution in [3.63, 3.8) is 0 Å². The van der Waals surface area contributed by atoms with Gasteiger partial charge in [0.15, 0.2) is 0 Å². The molecule has 1 heterocycles. The Morgan fingerprint density at radius 1 is 1.35 bits per heavy atom. The zero-order chi connectivity index (χ0) is 14.6. The van der Waals surface area contributed by atoms with Gasteiger partial charge in [0, 0.05) is 6.20 Å². The van der Waals surface area contributed by atoms with Crippen molar-refractivity contribution in [1.82, 2.24) is 15.1 Å². The van der Waals surface area contributed by atoms with E-state index < -0.39 is 5.54 Å². The zero-order valence-electron chi connectivity index (χ0n) is 11.8. The van der Waals surface area contributed by atoms with Gasteiger partial charge in [0.25, 0.3) is 0 Å². The number of rotatable bonds is 6. The first-order valence-electron chi connectivity index (χ1n) is 6.72. The minimum absolute atomic E-state index is 0.0125. The molecule has 1 aromatic heterocycles. The monoisotopic (exact) mass is 293 g/mol. The highest BCUT2D eigenvalue weighted by molar-refractivity contribution is 6.31. The number of halogens is 1. The summed E-state index contributed by atoms with van der Waals surface area (Å²) in [5.41, 5.74) is 1.27. The largest absolute Gasteiger partial charge is 0.394 e. The SMILES string of the molecule is CCNC(CO)(Cn1cc(Cl)c(C)n1)c1ccccc1. The molecule has 0 radical (unpaired) electrons. The summed E-state index contributed by atoms with van der Waals surface area (Å²) in [6, 6.07) is 9.93. The molecule has 0 fully saturated rings. The molecule has 2 aromatic rings. The Balaban J connectivity index is 2.36. The summed E-state index contributed by atoms with van der Waals surface area (Å²) in [5.74, 6) is 0. The Morgan fingerprint density at radius 2 is 2.05 bits per heavy atom. The van der Waals surface area contributed by atoms with Crippen LogP contribution in [0.1, 0.15) is 18.2 Å². The summed E-state index contributed by atoms with van der Waals surface area (Å²) in [7, 11) is 0. The topological polar surface area (TPSA) is 50.1 Å². The molecule has 1 atom stereocenters. The maximum absolute atomic E-state index is 9.96. The smallest absolute Gasteiger partial charge is 0.0867 e. The van der Waals surface area contributed by atoms with Crippen LogP contribution in [0, 0.1) is 6.92 Å². The summed E-state index contributed by atoms with van der Waals surface area (Å²) >= 11 is 6.06. The molecular formula is C15H20ClN3O. The predicted octanol–water partition coefficient (Wildman–Crippen LogP) is 2.34. The van der Waals surface area contributed by atoms with Crippen LogP contribution in [-0.2, 0) is 12.1 Å². The Bertz CT molecular complexity index is 536. The number of aromatic nitrogens is 2. The highest BCUT2D eigenvalue weighted by atomic mass is 35.5. The molecule has 5 heteroatoms. The van der Waals surface area contributed by atoms with E-state index in [0.29, 0.717) is 11.6 Å². The maximum Gasteiger partial charge on any atom is 0.0867 e. The van der Waals surface area contributed by atoms with E-state index in [1.54, 1.807) is 10.9 Å². The van der Waals surface area contributed by atoms with Crippen LogP contribution in [0.5, 0.6) is 0 Å². The molecule has 0 aliphatic heterocycles. The summed E-state index contributed by atoms with van der Waals surface area (Å²) in [5, 5.41) is 18.4. The molecular weight excluding hydrogens is 274 g/mol. The van der Waals surface area contributed by atoms with Crippen molar-refractivity contribution in [2.45, 2.75) is 25.9 Å². The third kappa shape index (κ3) is 3.03. The predicted molar refractivity (Wildman–Crippen MR) is 80.9 cm³/mol. The molecule has 20 heavy (non-hydrogen) atoms. The third-order valence-corrected chi connectivity index (χ3v) is 3.80. The number of aliphatic hydroxyl groups excluding tert-OH is 1. The van der Waals surface area contributed by atoms with E-state index in [9.17, 15) is 5.11 Å². The normalized spacial score (nSPS) is 14.2. The number of nitrogens with one attached hydrogen (secondary N) is 1. The standard InChI is InChI=1S/C15H20ClN3O/c1-3-17-15(11-20,13-7-5-4-6-8-13)10-19-9-14(16)12(2)18-19/h4-9,17,20H,3,10-11H2,1-2H3. The molecule has 4 nitrogen and oxygen atoms in total. The first-order valence-corrected chi connectivity index (χ1v) is 7.10. The van der Waals surface area contributed by atoms with Gasteiger partial charge in [0.2, 0.25) is 0 Å². The second kappa shape index (κ2) is 6.39. The first kappa shape index (κ1) is 15.0. The second-order valence-corrected chi connectivity index (χ2v) is 5.30. The van der Waals surface area contributed by atoms with Crippen molar-refractivity contribution >= 4 is 11.6 Å². The third-order valence-electron chi connectivity index (χ3n) is 3.43. The second-order valence-electron chi connectivity index (χ2n) is 4.90. The molecule has 0 amide bonds. The first-order chi connectivity index (χ1) is 9.61. The van der Waals surface area contributed by atoms with Gasteiger partial charge in [0.1, 0.15) is 0 Å². The van der Waals surface area contributed by atoms with Crippen molar-refractivity contribution < 1.29 is 5.11 Å². The number of aryl methyl sites for hydroxylation is 1. The molecule has 2 rings (SSSR count). The van der Waals surface area contributed by atoms with Crippen LogP contribution in [0.4, 0.5) is 0 Å². The summed E-state index contributed by atoms with van der Waals surface area (Å²) in [4.78, 5) is 0. The van der Waals surface area contributed by atoms with Gasteiger partial charge < -0.3 is 10.4 Å². The maximum atomic E-state index is 9.96. The minimum Gasteiger partial charge on any atom is -0.394 e. The Morgan fingerprint density at radius 3 is 2.55 bits per heavy atom. The van der Waals surface area contributed by atoms with E-state index in [1.165, 1.54) is 0 Å². The van der Waals surface area contributed by atoms with Crippen molar-refractivity contribution in [1.29, 1.82) is 0 Å². The van der Waals surface area contributed by atoms with Crippen LogP contribution in [0.3, 0.4) is 0 Å². The van der Waals surface area contributed by atoms with E-state index in [4.69, 9.17) is 11.6 Å². The molecule has 1 aromatic carbocycles. The zero-order valence-corrected chi connectivity index (χ0v) is 12.6. The van der Waals surface area contributed by atoms with Crippen LogP contribution in [0.15, 0.2) is 36.5 Å². The number of hydrogen-bond acceptors (Lipinski definition) is 3. The molecule has 0 aliphatic carbocycles. The number of nitrogens with zero attached hydrogens (tertiary/aromatic N) is 2. The Kier molecular flexibility index (Phi) is 4.81. The van der Waals surface area contributed by atoms with Crippen molar-refractivity contribution in [2.24, 2.45) is 0 Å². The van der Waals surface area contributed by atoms with Crippen LogP contribution in [0.25, 0.3) is 0 Å². The molecule has 108 valence electrons. The highest BCUT2D eigenvalue weighted by Gasteiger charge is 2.31. The molecule has 0 bridgehead atoms. The molecule has 0 saturated carbocycles. The van der Waals surface area contributed by atoms with Crippen LogP contribution < -0.4 is 5.32 Å². The number of aliphatic hydroxyl groups is 1. The average molecular weight is 294 g/mol. The summed E-state index contributed by atoms with van der Waals surface area (Å²) in [6.07, 6.45) is 1.79. The lowest BCUT2D eigenvalue weighted by atomic mass is 9.90. The van der Waals surface area contributed by atoms with Crippen molar-refractivity contribution in [2.75, 3.05) is 13.2 Å². The van der Waals surface area contributed by atoms with Gasteiger partial charge >= 0.3 is 0 Å². The quantitative estimate of drug-likeness (QED) is 0.859. The highest BCUT2D eigenvalue weighted by Crippen LogP contribution is 2.24. The lowest BCUT2D eigenvalue weighted by molar-refractivity contribution is 0.139. The fourth-order valence-electron chi connectivity index (χ4n) is 2.39. The fourth-order valence-corrected chi connectivity index (χ4v) is 2.54. The van der Waals surface area contributed by atoms with Gasteiger partial charge in [0.05, 0.1) is 29.4 Å². The number of benzene rings is 1. The van der Waals surface area contributed by atoms with Crippen molar-refractivity contribution in [3.8, 4) is 0 Å². The van der Waals surface area contributed by atoms with Gasteiger partial charge in [-0.15, -0.1) is 0 Å².